The van der Waals surface area contributed by atoms with Crippen molar-refractivity contribution in [3.8, 4) is 0 Å². The number of nitrogens with one attached hydrogen (secondary N) is 1. The predicted octanol–water partition coefficient (Wildman–Crippen LogP) is -0.514. The number of rotatable bonds is 4. The van der Waals surface area contributed by atoms with Gasteiger partial charge < -0.3 is 14.2 Å². The molecule has 2 aliphatic heterocycles. The number of halogens is 1. The van der Waals surface area contributed by atoms with Crippen LogP contribution in [0.1, 0.15) is 20.3 Å². The van der Waals surface area contributed by atoms with E-state index >= 15 is 0 Å². The zero-order chi connectivity index (χ0) is 17.1. The van der Waals surface area contributed by atoms with Crippen LogP contribution in [-0.2, 0) is 28.6 Å². The molecule has 0 aromatic carbocycles. The third-order valence-corrected chi connectivity index (χ3v) is 3.43. The van der Waals surface area contributed by atoms with E-state index in [-0.39, 0.29) is 13.0 Å². The minimum Gasteiger partial charge on any atom is -0.463 e. The molecule has 10 heteroatoms. The maximum Gasteiger partial charge on any atom is 0.326 e. The molecule has 128 valence electrons. The van der Waals surface area contributed by atoms with Crippen molar-refractivity contribution < 1.29 is 37.8 Å². The van der Waals surface area contributed by atoms with Crippen LogP contribution in [0, 0.1) is 0 Å². The Bertz CT molecular complexity index is 526. The number of carbonyl (C=O) groups excluding carboxylic acids is 4. The highest BCUT2D eigenvalue weighted by Crippen LogP contribution is 2.27. The molecule has 23 heavy (non-hydrogen) atoms. The highest BCUT2D eigenvalue weighted by molar-refractivity contribution is 5.99. The fourth-order valence-electron chi connectivity index (χ4n) is 2.42. The Morgan fingerprint density at radius 1 is 1.35 bits per heavy atom. The number of alkyl halides is 1. The van der Waals surface area contributed by atoms with Crippen molar-refractivity contribution in [1.29, 1.82) is 0 Å². The molecular formula is C13H17FN2O7. The Morgan fingerprint density at radius 3 is 2.65 bits per heavy atom. The van der Waals surface area contributed by atoms with E-state index in [2.05, 4.69) is 0 Å². The summed E-state index contributed by atoms with van der Waals surface area (Å²) >= 11 is 0. The van der Waals surface area contributed by atoms with Crippen molar-refractivity contribution in [3.05, 3.63) is 0 Å². The number of nitrogens with zero attached hydrogens (tertiary/aromatic N) is 1. The van der Waals surface area contributed by atoms with Crippen LogP contribution >= 0.6 is 0 Å². The first kappa shape index (κ1) is 17.1. The van der Waals surface area contributed by atoms with Crippen LogP contribution in [0.15, 0.2) is 0 Å². The Kier molecular flexibility index (Phi) is 5.14. The molecule has 2 aliphatic rings. The summed E-state index contributed by atoms with van der Waals surface area (Å²) in [7, 11) is 0. The summed E-state index contributed by atoms with van der Waals surface area (Å²) < 4.78 is 29.0. The van der Waals surface area contributed by atoms with Crippen molar-refractivity contribution >= 4 is 23.9 Å². The van der Waals surface area contributed by atoms with Gasteiger partial charge in [0.15, 0.2) is 6.17 Å². The van der Waals surface area contributed by atoms with Crippen molar-refractivity contribution in [2.75, 3.05) is 13.2 Å². The molecule has 0 radical (unpaired) electrons. The molecule has 1 unspecified atom stereocenters. The number of ether oxygens (including phenoxy) is 3. The van der Waals surface area contributed by atoms with Crippen molar-refractivity contribution in [2.45, 2.75) is 44.9 Å². The Hall–Kier alpha value is -2.23. The van der Waals surface area contributed by atoms with Gasteiger partial charge in [0.25, 0.3) is 5.91 Å². The van der Waals surface area contributed by atoms with Crippen LogP contribution in [-0.4, -0.2) is 66.5 Å². The number of carbonyl (C=O) groups is 4. The Morgan fingerprint density at radius 2 is 2.04 bits per heavy atom. The minimum absolute atomic E-state index is 0.0832. The molecule has 0 aliphatic carbocycles. The molecule has 2 rings (SSSR count). The van der Waals surface area contributed by atoms with E-state index in [0.717, 1.165) is 4.90 Å². The van der Waals surface area contributed by atoms with Gasteiger partial charge in [-0.3, -0.25) is 24.6 Å². The maximum atomic E-state index is 13.5. The molecule has 4 atom stereocenters. The van der Waals surface area contributed by atoms with Crippen LogP contribution in [0.3, 0.4) is 0 Å². The third kappa shape index (κ3) is 4.15. The van der Waals surface area contributed by atoms with E-state index in [4.69, 9.17) is 14.2 Å². The second-order valence-electron chi connectivity index (χ2n) is 5.23. The zero-order valence-corrected chi connectivity index (χ0v) is 12.6. The Labute approximate surface area is 131 Å². The molecule has 2 heterocycles. The second-order valence-corrected chi connectivity index (χ2v) is 5.23. The number of urea groups is 1. The molecule has 0 spiro atoms. The van der Waals surface area contributed by atoms with Gasteiger partial charge >= 0.3 is 18.0 Å². The average molecular weight is 332 g/mol. The highest BCUT2D eigenvalue weighted by atomic mass is 19.1. The second kappa shape index (κ2) is 6.90. The van der Waals surface area contributed by atoms with Gasteiger partial charge in [0.1, 0.15) is 25.0 Å². The van der Waals surface area contributed by atoms with Gasteiger partial charge in [0.05, 0.1) is 6.54 Å². The van der Waals surface area contributed by atoms with E-state index in [0.29, 0.717) is 0 Å². The van der Waals surface area contributed by atoms with E-state index in [1.165, 1.54) is 13.8 Å². The lowest BCUT2D eigenvalue weighted by molar-refractivity contribution is -0.156. The van der Waals surface area contributed by atoms with E-state index in [9.17, 15) is 23.6 Å². The topological polar surface area (TPSA) is 111 Å². The first-order chi connectivity index (χ1) is 10.8. The molecule has 0 aromatic rings. The lowest BCUT2D eigenvalue weighted by Gasteiger charge is -2.32. The predicted molar refractivity (Wildman–Crippen MR) is 70.6 cm³/mol. The highest BCUT2D eigenvalue weighted by Gasteiger charge is 2.45. The van der Waals surface area contributed by atoms with Gasteiger partial charge in [-0.05, 0) is 0 Å². The first-order valence-electron chi connectivity index (χ1n) is 6.99. The molecule has 2 fully saturated rings. The lowest BCUT2D eigenvalue weighted by Crippen LogP contribution is -2.58. The van der Waals surface area contributed by atoms with Crippen LogP contribution in [0.25, 0.3) is 0 Å². The fourth-order valence-corrected chi connectivity index (χ4v) is 2.42. The van der Waals surface area contributed by atoms with Gasteiger partial charge in [-0.2, -0.15) is 0 Å². The maximum absolute atomic E-state index is 13.5. The van der Waals surface area contributed by atoms with E-state index in [1.54, 1.807) is 0 Å². The molecule has 3 amide bonds. The normalized spacial score (nSPS) is 30.8. The fraction of sp³-hybridized carbons (Fsp3) is 0.692. The monoisotopic (exact) mass is 332 g/mol. The summed E-state index contributed by atoms with van der Waals surface area (Å²) in [5.74, 6) is -2.10. The summed E-state index contributed by atoms with van der Waals surface area (Å²) in [5, 5.41) is 1.88. The Balaban J connectivity index is 2.05. The summed E-state index contributed by atoms with van der Waals surface area (Å²) in [5.41, 5.74) is 0. The SMILES string of the molecule is CC(=O)OC[C@H]1O[C@@H](N2CC(F)C(=O)NC2=O)C[C@@H]1OC(C)=O. The van der Waals surface area contributed by atoms with Crippen molar-refractivity contribution in [3.63, 3.8) is 0 Å². The number of hydrogen-bond donors (Lipinski definition) is 1. The summed E-state index contributed by atoms with van der Waals surface area (Å²) in [6.07, 6.45) is -4.21. The molecule has 0 aromatic heterocycles. The first-order valence-corrected chi connectivity index (χ1v) is 6.99. The van der Waals surface area contributed by atoms with Gasteiger partial charge in [0.2, 0.25) is 0 Å². The standard InChI is InChI=1S/C13H17FN2O7/c1-6(17)21-5-10-9(22-7(2)18)3-11(23-10)16-4-8(14)12(19)15-13(16)20/h8-11H,3-5H2,1-2H3,(H,15,19,20)/t8?,9-,10+,11+/m0/s1. The van der Waals surface area contributed by atoms with Crippen LogP contribution in [0.5, 0.6) is 0 Å². The largest absolute Gasteiger partial charge is 0.463 e. The van der Waals surface area contributed by atoms with Gasteiger partial charge in [0, 0.05) is 20.3 Å². The lowest BCUT2D eigenvalue weighted by atomic mass is 10.1. The van der Waals surface area contributed by atoms with Crippen molar-refractivity contribution in [2.24, 2.45) is 0 Å². The quantitative estimate of drug-likeness (QED) is 0.690. The average Bonchev–Trinajstić information content (AvgIpc) is 2.82. The van der Waals surface area contributed by atoms with Gasteiger partial charge in [-0.1, -0.05) is 0 Å². The molecule has 9 nitrogen and oxygen atoms in total. The summed E-state index contributed by atoms with van der Waals surface area (Å²) in [6.45, 7) is 1.80. The van der Waals surface area contributed by atoms with Gasteiger partial charge in [-0.15, -0.1) is 0 Å². The van der Waals surface area contributed by atoms with Crippen LogP contribution < -0.4 is 5.32 Å². The summed E-state index contributed by atoms with van der Waals surface area (Å²) in [4.78, 5) is 46.0. The smallest absolute Gasteiger partial charge is 0.326 e. The van der Waals surface area contributed by atoms with Crippen LogP contribution in [0.4, 0.5) is 9.18 Å². The molecule has 2 saturated heterocycles. The molecular weight excluding hydrogens is 315 g/mol. The third-order valence-electron chi connectivity index (χ3n) is 3.43. The number of esters is 2. The zero-order valence-electron chi connectivity index (χ0n) is 12.6. The van der Waals surface area contributed by atoms with Gasteiger partial charge in [-0.25, -0.2) is 9.18 Å². The minimum atomic E-state index is -1.86. The molecule has 1 N–H and O–H groups in total. The summed E-state index contributed by atoms with van der Waals surface area (Å²) in [6, 6.07) is -0.788. The molecule has 0 bridgehead atoms. The van der Waals surface area contributed by atoms with Crippen molar-refractivity contribution in [1.82, 2.24) is 10.2 Å². The van der Waals surface area contributed by atoms with E-state index < -0.39 is 55.0 Å². The molecule has 0 saturated carbocycles. The number of imide groups is 1. The number of hydrogen-bond acceptors (Lipinski definition) is 7. The van der Waals surface area contributed by atoms with Crippen LogP contribution in [0.2, 0.25) is 0 Å². The number of amides is 3. The van der Waals surface area contributed by atoms with E-state index in [1.807, 2.05) is 5.32 Å².